The van der Waals surface area contributed by atoms with Gasteiger partial charge >= 0.3 is 12.0 Å². The van der Waals surface area contributed by atoms with Gasteiger partial charge in [-0.05, 0) is 92.8 Å². The lowest BCUT2D eigenvalue weighted by molar-refractivity contribution is -0.156. The van der Waals surface area contributed by atoms with Crippen molar-refractivity contribution in [3.8, 4) is 11.3 Å². The van der Waals surface area contributed by atoms with Gasteiger partial charge in [0.1, 0.15) is 18.1 Å². The first kappa shape index (κ1) is 65.5. The fourth-order valence-electron chi connectivity index (χ4n) is 11.4. The number of urea groups is 1. The first-order valence-electron chi connectivity index (χ1n) is 25.5. The van der Waals surface area contributed by atoms with E-state index in [-0.39, 0.29) is 104 Å². The maximum absolute atomic E-state index is 14.8. The number of piperidine rings is 1. The molecule has 8 rings (SSSR count). The predicted molar refractivity (Wildman–Crippen MR) is 320 cm³/mol. The summed E-state index contributed by atoms with van der Waals surface area (Å²) in [5.74, 6) is -1.54. The number of likely N-dealkylation sites (tertiary alicyclic amines) is 1. The van der Waals surface area contributed by atoms with E-state index in [9.17, 15) is 24.0 Å². The number of ether oxygens (including phenoxy) is 3. The zero-order chi connectivity index (χ0) is 50.1. The third kappa shape index (κ3) is 14.3. The number of benzene rings is 1. The van der Waals surface area contributed by atoms with Crippen LogP contribution >= 0.6 is 67.5 Å². The van der Waals surface area contributed by atoms with E-state index in [1.165, 1.54) is 21.5 Å². The van der Waals surface area contributed by atoms with Crippen LogP contribution in [0.1, 0.15) is 97.7 Å². The van der Waals surface area contributed by atoms with Gasteiger partial charge in [0.05, 0.1) is 49.5 Å². The van der Waals surface area contributed by atoms with Crippen LogP contribution < -0.4 is 15.6 Å². The number of rotatable bonds is 8. The molecule has 0 aliphatic carbocycles. The average Bonchev–Trinajstić information content (AvgIpc) is 3.65. The topological polar surface area (TPSA) is 171 Å². The van der Waals surface area contributed by atoms with Crippen LogP contribution in [0.15, 0.2) is 49.2 Å². The van der Waals surface area contributed by atoms with Crippen LogP contribution in [0.3, 0.4) is 0 Å². The molecule has 0 saturated carbocycles. The molecule has 6 bridgehead atoms. The number of pyridine rings is 1. The number of hydrazine groups is 1. The zero-order valence-corrected chi connectivity index (χ0v) is 50.1. The largest absolute Gasteiger partial charge is 0.464 e. The van der Waals surface area contributed by atoms with Gasteiger partial charge in [-0.15, -0.1) is 0 Å². The fourth-order valence-corrected chi connectivity index (χ4v) is 11.4. The number of amides is 5. The van der Waals surface area contributed by atoms with Crippen LogP contribution in [0.25, 0.3) is 22.2 Å². The predicted octanol–water partition coefficient (Wildman–Crippen LogP) is 6.07. The lowest BCUT2D eigenvalue weighted by Gasteiger charge is -2.47. The molecule has 5 amide bonds. The highest BCUT2D eigenvalue weighted by atomic mass is 32.1. The Morgan fingerprint density at radius 1 is 0.973 bits per heavy atom. The number of cyclic esters (lactones) is 1. The summed E-state index contributed by atoms with van der Waals surface area (Å²) >= 11 is 0. The number of aromatic nitrogens is 2. The van der Waals surface area contributed by atoms with E-state index >= 15 is 0 Å². The summed E-state index contributed by atoms with van der Waals surface area (Å²) in [6.45, 7) is 23.1. The fraction of sp³-hybridized carbons (Fsp3) is 0.623. The van der Waals surface area contributed by atoms with E-state index in [2.05, 4.69) is 85.7 Å². The number of likely N-dealkylation sites (N-methyl/N-ethyl adjacent to an activating group) is 1. The highest BCUT2D eigenvalue weighted by Gasteiger charge is 2.44. The van der Waals surface area contributed by atoms with Gasteiger partial charge < -0.3 is 43.7 Å². The van der Waals surface area contributed by atoms with Crippen LogP contribution in [-0.2, 0) is 46.4 Å². The summed E-state index contributed by atoms with van der Waals surface area (Å²) in [5, 5.41) is 5.67. The number of aryl methyl sites for hydroxylation is 1. The summed E-state index contributed by atoms with van der Waals surface area (Å²) in [4.78, 5) is 82.3. The van der Waals surface area contributed by atoms with Crippen molar-refractivity contribution in [2.24, 2.45) is 11.3 Å². The molecule has 2 N–H and O–H groups in total. The van der Waals surface area contributed by atoms with E-state index in [1.807, 2.05) is 26.1 Å². The number of carbonyl (C=O) groups is 5. The number of nitrogens with one attached hydrogen (secondary N) is 2. The maximum Gasteiger partial charge on any atom is 0.324 e. The Balaban J connectivity index is 0.00000296. The minimum Gasteiger partial charge on any atom is -0.464 e. The van der Waals surface area contributed by atoms with Crippen LogP contribution in [0.5, 0.6) is 0 Å². The van der Waals surface area contributed by atoms with Crippen molar-refractivity contribution in [1.29, 1.82) is 0 Å². The Morgan fingerprint density at radius 3 is 2.36 bits per heavy atom. The lowest BCUT2D eigenvalue weighted by atomic mass is 9.84. The average molecular weight is 1140 g/mol. The van der Waals surface area contributed by atoms with Gasteiger partial charge in [-0.2, -0.15) is 67.5 Å². The van der Waals surface area contributed by atoms with Crippen LogP contribution in [-0.4, -0.2) is 161 Å². The van der Waals surface area contributed by atoms with Gasteiger partial charge in [0.15, 0.2) is 0 Å². The van der Waals surface area contributed by atoms with Crippen molar-refractivity contribution >= 4 is 114 Å². The number of hydrogen-bond donors (Lipinski definition) is 2. The van der Waals surface area contributed by atoms with Crippen LogP contribution in [0.4, 0.5) is 10.5 Å². The monoisotopic (exact) mass is 1140 g/mol. The second-order valence-electron chi connectivity index (χ2n) is 21.4. The van der Waals surface area contributed by atoms with Gasteiger partial charge in [0.2, 0.25) is 11.8 Å². The second kappa shape index (κ2) is 27.7. The molecule has 420 valence electrons. The van der Waals surface area contributed by atoms with Crippen molar-refractivity contribution in [3.05, 3.63) is 60.4 Å². The number of hydrogen-bond acceptors (Lipinski definition) is 11. The number of anilines is 1. The molecule has 4 saturated heterocycles. The Morgan fingerprint density at radius 2 is 1.69 bits per heavy atom. The molecule has 0 radical (unpaired) electrons. The van der Waals surface area contributed by atoms with Crippen molar-refractivity contribution in [2.75, 3.05) is 77.6 Å². The third-order valence-corrected chi connectivity index (χ3v) is 15.0. The summed E-state index contributed by atoms with van der Waals surface area (Å²) in [6, 6.07) is 7.77. The van der Waals surface area contributed by atoms with Crippen LogP contribution in [0, 0.1) is 11.3 Å². The Bertz CT molecular complexity index is 2470. The Labute approximate surface area is 479 Å². The molecule has 75 heavy (non-hydrogen) atoms. The van der Waals surface area contributed by atoms with Crippen LogP contribution in [0.2, 0.25) is 0 Å². The Kier molecular flexibility index (Phi) is 24.2. The highest BCUT2D eigenvalue weighted by molar-refractivity contribution is 7.60. The van der Waals surface area contributed by atoms with E-state index in [0.717, 1.165) is 40.1 Å². The van der Waals surface area contributed by atoms with Crippen molar-refractivity contribution in [1.82, 2.24) is 40.0 Å². The lowest BCUT2D eigenvalue weighted by Crippen LogP contribution is -2.63. The van der Waals surface area contributed by atoms with Gasteiger partial charge in [0.25, 0.3) is 5.91 Å². The first-order chi connectivity index (χ1) is 33.4. The molecule has 3 aromatic rings. The summed E-state index contributed by atoms with van der Waals surface area (Å²) < 4.78 is 21.2. The summed E-state index contributed by atoms with van der Waals surface area (Å²) in [5.41, 5.74) is 8.72. The maximum atomic E-state index is 14.8. The standard InChI is InChI=1S/C53H75N9O8.5H2S/c1-10-44(63)60-25-27-70-53(32-60)18-22-58(23-19-53)51(67)57(9)46(35(5)6)48(64)55-42-29-37-31-59(24-26-68-37)36-16-17-43-39(28-36)40(47(61(43)11-2)38-14-12-20-54-45(38)34(3)4)30-52(7,8)33-69-50(66)41-15-13-21-62(56-41)49(42)65;;;;;/h10,12,14,16-17,20,28,34-35,37,41-42,46,56H,1,11,13,15,18-19,21-27,29-33H2,2-9H3,(H,55,64);5*1H2/t37-,41-,42-,46-;;;;;/m0...../s1. The van der Waals surface area contributed by atoms with Gasteiger partial charge in [0, 0.05) is 93.0 Å². The molecular formula is C53H85N9O8S5. The molecule has 4 fully saturated rings. The summed E-state index contributed by atoms with van der Waals surface area (Å²) in [6.07, 6.45) is 5.65. The molecular weight excluding hydrogens is 1050 g/mol. The molecule has 0 unspecified atom stereocenters. The van der Waals surface area contributed by atoms with E-state index < -0.39 is 53.0 Å². The minimum absolute atomic E-state index is 0. The number of morpholine rings is 2. The van der Waals surface area contributed by atoms with E-state index in [4.69, 9.17) is 19.2 Å². The van der Waals surface area contributed by atoms with Crippen molar-refractivity contribution < 1.29 is 38.2 Å². The van der Waals surface area contributed by atoms with E-state index in [1.54, 1.807) is 16.8 Å². The number of fused-ring (bicyclic) bond motifs is 6. The smallest absolute Gasteiger partial charge is 0.324 e. The molecule has 4 atom stereocenters. The van der Waals surface area contributed by atoms with Gasteiger partial charge in [-0.1, -0.05) is 48.1 Å². The quantitative estimate of drug-likeness (QED) is 0.198. The molecule has 17 nitrogen and oxygen atoms in total. The first-order valence-corrected chi connectivity index (χ1v) is 25.5. The van der Waals surface area contributed by atoms with Gasteiger partial charge in [-0.3, -0.25) is 29.2 Å². The number of carbonyl (C=O) groups excluding carboxylic acids is 5. The molecule has 7 heterocycles. The van der Waals surface area contributed by atoms with Gasteiger partial charge in [-0.25, -0.2) is 10.2 Å². The molecule has 22 heteroatoms. The van der Waals surface area contributed by atoms with Crippen molar-refractivity contribution in [3.63, 3.8) is 0 Å². The summed E-state index contributed by atoms with van der Waals surface area (Å²) in [7, 11) is 1.63. The molecule has 5 aliphatic rings. The molecule has 2 aromatic heterocycles. The number of nitrogens with zero attached hydrogens (tertiary/aromatic N) is 7. The molecule has 1 aromatic carbocycles. The van der Waals surface area contributed by atoms with E-state index in [0.29, 0.717) is 91.1 Å². The van der Waals surface area contributed by atoms with Crippen molar-refractivity contribution in [2.45, 2.75) is 129 Å². The number of esters is 1. The molecule has 1 spiro atoms. The molecule has 5 aliphatic heterocycles. The normalized spacial score (nSPS) is 22.0. The minimum atomic E-state index is -1.05. The Hall–Kier alpha value is -3.77. The second-order valence-corrected chi connectivity index (χ2v) is 21.4. The third-order valence-electron chi connectivity index (χ3n) is 15.0. The highest BCUT2D eigenvalue weighted by Crippen LogP contribution is 2.42. The zero-order valence-electron chi connectivity index (χ0n) is 45.1. The SMILES string of the molecule is C=CC(=O)N1CCOC2(CCN(C(=O)N(C)[C@H](C(=O)N[C@H]3C[C@H]4CN(CCO4)c4ccc5c(c4)c(c(-c4cccnc4C(C)C)n5CC)CC(C)(C)COC(=O)[C@@H]4CCCN(N4)C3=O)C(C)C)CC2)C1.S.S.S.S.S.